The Balaban J connectivity index is 2.12. The van der Waals surface area contributed by atoms with Crippen LogP contribution in [0.2, 0.25) is 0 Å². The number of benzene rings is 1. The first-order valence-corrected chi connectivity index (χ1v) is 6.88. The second-order valence-electron chi connectivity index (χ2n) is 5.23. The van der Waals surface area contributed by atoms with Crippen molar-refractivity contribution in [1.82, 2.24) is 4.98 Å². The fourth-order valence-electron chi connectivity index (χ4n) is 2.44. The molecular weight excluding hydrogens is 258 g/mol. The SMILES string of the molecule is C=CC1=Cc2ccc(-c3cncc(C)c3)cc2N=C(N)C1. The second kappa shape index (κ2) is 5.37. The molecule has 3 heteroatoms. The van der Waals surface area contributed by atoms with Crippen molar-refractivity contribution >= 4 is 17.6 Å². The largest absolute Gasteiger partial charge is 0.387 e. The summed E-state index contributed by atoms with van der Waals surface area (Å²) in [6, 6.07) is 8.33. The Kier molecular flexibility index (Phi) is 3.40. The Labute approximate surface area is 124 Å². The number of nitrogens with zero attached hydrogens (tertiary/aromatic N) is 2. The normalized spacial score (nSPS) is 13.8. The number of aromatic nitrogens is 1. The first-order chi connectivity index (χ1) is 10.2. The van der Waals surface area contributed by atoms with Crippen LogP contribution in [0.5, 0.6) is 0 Å². The molecule has 1 aliphatic rings. The molecular formula is C18H17N3. The van der Waals surface area contributed by atoms with Gasteiger partial charge in [0.2, 0.25) is 0 Å². The quantitative estimate of drug-likeness (QED) is 0.900. The molecule has 1 aromatic heterocycles. The minimum atomic E-state index is 0.611. The van der Waals surface area contributed by atoms with Gasteiger partial charge in [-0.25, -0.2) is 4.99 Å². The fourth-order valence-corrected chi connectivity index (χ4v) is 2.44. The number of aliphatic imine (C=N–C) groups is 1. The van der Waals surface area contributed by atoms with Crippen LogP contribution < -0.4 is 5.73 Å². The van der Waals surface area contributed by atoms with Crippen LogP contribution in [0.1, 0.15) is 17.5 Å². The smallest absolute Gasteiger partial charge is 0.104 e. The number of nitrogens with two attached hydrogens (primary N) is 1. The van der Waals surface area contributed by atoms with Crippen molar-refractivity contribution in [1.29, 1.82) is 0 Å². The minimum absolute atomic E-state index is 0.611. The van der Waals surface area contributed by atoms with E-state index < -0.39 is 0 Å². The van der Waals surface area contributed by atoms with Gasteiger partial charge in [0.15, 0.2) is 0 Å². The van der Waals surface area contributed by atoms with Crippen molar-refractivity contribution in [2.45, 2.75) is 13.3 Å². The van der Waals surface area contributed by atoms with Crippen LogP contribution in [0, 0.1) is 6.92 Å². The average Bonchev–Trinajstić information content (AvgIpc) is 2.64. The number of fused-ring (bicyclic) bond motifs is 1. The summed E-state index contributed by atoms with van der Waals surface area (Å²) in [5.74, 6) is 0.611. The first kappa shape index (κ1) is 13.3. The third-order valence-corrected chi connectivity index (χ3v) is 3.49. The average molecular weight is 275 g/mol. The third kappa shape index (κ3) is 2.77. The second-order valence-corrected chi connectivity index (χ2v) is 5.23. The number of hydrogen-bond donors (Lipinski definition) is 1. The Morgan fingerprint density at radius 1 is 1.19 bits per heavy atom. The summed E-state index contributed by atoms with van der Waals surface area (Å²) in [6.07, 6.45) is 8.27. The summed E-state index contributed by atoms with van der Waals surface area (Å²) in [4.78, 5) is 8.77. The van der Waals surface area contributed by atoms with Gasteiger partial charge < -0.3 is 5.73 Å². The summed E-state index contributed by atoms with van der Waals surface area (Å²) in [6.45, 7) is 5.86. The van der Waals surface area contributed by atoms with Gasteiger partial charge in [0, 0.05) is 29.9 Å². The molecule has 0 fully saturated rings. The highest BCUT2D eigenvalue weighted by Gasteiger charge is 2.09. The van der Waals surface area contributed by atoms with Crippen molar-refractivity contribution in [3.05, 3.63) is 66.0 Å². The van der Waals surface area contributed by atoms with Crippen molar-refractivity contribution in [3.8, 4) is 11.1 Å². The highest BCUT2D eigenvalue weighted by atomic mass is 14.9. The van der Waals surface area contributed by atoms with E-state index in [0.29, 0.717) is 12.3 Å². The van der Waals surface area contributed by atoms with E-state index in [1.807, 2.05) is 25.4 Å². The monoisotopic (exact) mass is 275 g/mol. The van der Waals surface area contributed by atoms with Gasteiger partial charge >= 0.3 is 0 Å². The van der Waals surface area contributed by atoms with E-state index >= 15 is 0 Å². The molecule has 0 aliphatic carbocycles. The maximum atomic E-state index is 5.98. The minimum Gasteiger partial charge on any atom is -0.387 e. The van der Waals surface area contributed by atoms with Crippen LogP contribution >= 0.6 is 0 Å². The molecule has 2 aromatic rings. The molecule has 3 rings (SSSR count). The number of aryl methyl sites for hydroxylation is 1. The van der Waals surface area contributed by atoms with Gasteiger partial charge in [-0.15, -0.1) is 0 Å². The van der Waals surface area contributed by atoms with Gasteiger partial charge in [-0.2, -0.15) is 0 Å². The molecule has 1 aliphatic heterocycles. The predicted octanol–water partition coefficient (Wildman–Crippen LogP) is 4.02. The molecule has 104 valence electrons. The molecule has 0 saturated heterocycles. The Morgan fingerprint density at radius 2 is 2.05 bits per heavy atom. The van der Waals surface area contributed by atoms with E-state index in [1.165, 1.54) is 0 Å². The lowest BCUT2D eigenvalue weighted by Gasteiger charge is -2.06. The van der Waals surface area contributed by atoms with Crippen molar-refractivity contribution < 1.29 is 0 Å². The highest BCUT2D eigenvalue weighted by Crippen LogP contribution is 2.31. The molecule has 3 nitrogen and oxygen atoms in total. The molecule has 0 saturated carbocycles. The number of rotatable bonds is 2. The predicted molar refractivity (Wildman–Crippen MR) is 88.5 cm³/mol. The van der Waals surface area contributed by atoms with Crippen molar-refractivity contribution in [2.75, 3.05) is 0 Å². The molecule has 0 unspecified atom stereocenters. The lowest BCUT2D eigenvalue weighted by molar-refractivity contribution is 1.27. The van der Waals surface area contributed by atoms with Gasteiger partial charge in [-0.1, -0.05) is 24.8 Å². The van der Waals surface area contributed by atoms with Crippen LogP contribution in [0.15, 0.2) is 59.9 Å². The molecule has 0 atom stereocenters. The zero-order valence-electron chi connectivity index (χ0n) is 12.0. The summed E-state index contributed by atoms with van der Waals surface area (Å²) in [5, 5.41) is 0. The number of pyridine rings is 1. The van der Waals surface area contributed by atoms with E-state index in [2.05, 4.69) is 46.9 Å². The fraction of sp³-hybridized carbons (Fsp3) is 0.111. The van der Waals surface area contributed by atoms with Gasteiger partial charge in [0.1, 0.15) is 5.84 Å². The van der Waals surface area contributed by atoms with Gasteiger partial charge in [0.05, 0.1) is 5.69 Å². The van der Waals surface area contributed by atoms with Gasteiger partial charge in [-0.3, -0.25) is 4.98 Å². The van der Waals surface area contributed by atoms with Gasteiger partial charge in [0.25, 0.3) is 0 Å². The van der Waals surface area contributed by atoms with E-state index in [-0.39, 0.29) is 0 Å². The van der Waals surface area contributed by atoms with E-state index in [0.717, 1.165) is 33.5 Å². The first-order valence-electron chi connectivity index (χ1n) is 6.88. The lowest BCUT2D eigenvalue weighted by atomic mass is 10.0. The summed E-state index contributed by atoms with van der Waals surface area (Å²) in [7, 11) is 0. The molecule has 1 aromatic carbocycles. The zero-order valence-corrected chi connectivity index (χ0v) is 12.0. The number of hydrogen-bond acceptors (Lipinski definition) is 3. The number of amidine groups is 1. The molecule has 21 heavy (non-hydrogen) atoms. The Hall–Kier alpha value is -2.68. The van der Waals surface area contributed by atoms with Crippen LogP contribution in [-0.4, -0.2) is 10.8 Å². The molecule has 2 heterocycles. The maximum absolute atomic E-state index is 5.98. The molecule has 0 bridgehead atoms. The Bertz CT molecular complexity index is 770. The van der Waals surface area contributed by atoms with Crippen molar-refractivity contribution in [2.24, 2.45) is 10.7 Å². The van der Waals surface area contributed by atoms with Crippen molar-refractivity contribution in [3.63, 3.8) is 0 Å². The summed E-state index contributed by atoms with van der Waals surface area (Å²) < 4.78 is 0. The molecule has 0 amide bonds. The molecule has 0 spiro atoms. The maximum Gasteiger partial charge on any atom is 0.104 e. The zero-order chi connectivity index (χ0) is 14.8. The summed E-state index contributed by atoms with van der Waals surface area (Å²) in [5.41, 5.74) is 12.3. The topological polar surface area (TPSA) is 51.3 Å². The van der Waals surface area contributed by atoms with Crippen LogP contribution in [0.25, 0.3) is 17.2 Å². The Morgan fingerprint density at radius 3 is 2.81 bits per heavy atom. The highest BCUT2D eigenvalue weighted by molar-refractivity contribution is 5.91. The third-order valence-electron chi connectivity index (χ3n) is 3.49. The molecule has 2 N–H and O–H groups in total. The van der Waals surface area contributed by atoms with E-state index in [9.17, 15) is 0 Å². The van der Waals surface area contributed by atoms with Crippen LogP contribution in [-0.2, 0) is 0 Å². The van der Waals surface area contributed by atoms with Gasteiger partial charge in [-0.05, 0) is 41.8 Å². The van der Waals surface area contributed by atoms with E-state index in [4.69, 9.17) is 5.73 Å². The lowest BCUT2D eigenvalue weighted by Crippen LogP contribution is -2.10. The molecule has 0 radical (unpaired) electrons. The van der Waals surface area contributed by atoms with E-state index in [1.54, 1.807) is 0 Å². The van der Waals surface area contributed by atoms with Crippen LogP contribution in [0.4, 0.5) is 5.69 Å². The summed E-state index contributed by atoms with van der Waals surface area (Å²) >= 11 is 0. The van der Waals surface area contributed by atoms with Crippen LogP contribution in [0.3, 0.4) is 0 Å². The number of allylic oxidation sites excluding steroid dienone is 1. The standard InChI is InChI=1S/C18H17N3/c1-3-13-7-15-5-4-14(9-17(15)21-18(19)8-13)16-6-12(2)10-20-11-16/h3-7,9-11H,1,8H2,2H3,(H2,19,21).